The predicted molar refractivity (Wildman–Crippen MR) is 121 cm³/mol. The van der Waals surface area contributed by atoms with Crippen LogP contribution in [0.3, 0.4) is 0 Å². The fourth-order valence-corrected chi connectivity index (χ4v) is 3.15. The van der Waals surface area contributed by atoms with E-state index in [0.717, 1.165) is 18.6 Å². The van der Waals surface area contributed by atoms with Gasteiger partial charge in [-0.25, -0.2) is 4.79 Å². The van der Waals surface area contributed by atoms with Gasteiger partial charge in [0.2, 0.25) is 0 Å². The quantitative estimate of drug-likeness (QED) is 0.272. The number of hydrogen-bond acceptors (Lipinski definition) is 5. The van der Waals surface area contributed by atoms with Crippen LogP contribution in [0.15, 0.2) is 61.2 Å². The Bertz CT molecular complexity index is 850. The molecule has 5 heteroatoms. The molecule has 0 fully saturated rings. The summed E-state index contributed by atoms with van der Waals surface area (Å²) in [5.41, 5.74) is 3.45. The molecule has 5 nitrogen and oxygen atoms in total. The van der Waals surface area contributed by atoms with Crippen molar-refractivity contribution in [2.24, 2.45) is 0 Å². The Balaban J connectivity index is 1.89. The molecule has 0 N–H and O–H groups in total. The monoisotopic (exact) mass is 424 g/mol. The molecule has 0 saturated heterocycles. The number of hydrogen-bond donors (Lipinski definition) is 0. The molecule has 2 rings (SSSR count). The fourth-order valence-electron chi connectivity index (χ4n) is 3.15. The lowest BCUT2D eigenvalue weighted by atomic mass is 9.78. The van der Waals surface area contributed by atoms with Crippen LogP contribution in [0, 0.1) is 0 Å². The van der Waals surface area contributed by atoms with Gasteiger partial charge in [0.15, 0.2) is 0 Å². The molecule has 31 heavy (non-hydrogen) atoms. The van der Waals surface area contributed by atoms with E-state index in [4.69, 9.17) is 14.2 Å². The van der Waals surface area contributed by atoms with Crippen molar-refractivity contribution in [2.45, 2.75) is 45.4 Å². The third kappa shape index (κ3) is 7.59. The van der Waals surface area contributed by atoms with Crippen molar-refractivity contribution in [3.8, 4) is 5.75 Å². The van der Waals surface area contributed by atoms with Crippen molar-refractivity contribution in [3.63, 3.8) is 0 Å². The van der Waals surface area contributed by atoms with Gasteiger partial charge in [0.1, 0.15) is 19.0 Å². The van der Waals surface area contributed by atoms with Gasteiger partial charge in [0.05, 0.1) is 6.61 Å². The molecule has 0 aromatic heterocycles. The van der Waals surface area contributed by atoms with Crippen LogP contribution in [0.1, 0.15) is 50.3 Å². The van der Waals surface area contributed by atoms with Gasteiger partial charge < -0.3 is 14.2 Å². The van der Waals surface area contributed by atoms with Crippen molar-refractivity contribution in [1.82, 2.24) is 0 Å². The van der Waals surface area contributed by atoms with Crippen LogP contribution in [0.25, 0.3) is 0 Å². The zero-order valence-electron chi connectivity index (χ0n) is 18.7. The normalized spacial score (nSPS) is 10.9. The van der Waals surface area contributed by atoms with Crippen LogP contribution < -0.4 is 4.74 Å². The highest BCUT2D eigenvalue weighted by Crippen LogP contribution is 2.32. The van der Waals surface area contributed by atoms with Gasteiger partial charge in [0, 0.05) is 17.9 Å². The van der Waals surface area contributed by atoms with E-state index in [-0.39, 0.29) is 24.0 Å². The molecular weight excluding hydrogens is 392 g/mol. The molecule has 166 valence electrons. The Hall–Kier alpha value is -3.08. The van der Waals surface area contributed by atoms with Gasteiger partial charge in [0.25, 0.3) is 0 Å². The maximum Gasteiger partial charge on any atom is 0.330 e. The molecule has 0 saturated carbocycles. The van der Waals surface area contributed by atoms with E-state index in [1.54, 1.807) is 6.92 Å². The average molecular weight is 425 g/mol. The lowest BCUT2D eigenvalue weighted by Gasteiger charge is -2.26. The summed E-state index contributed by atoms with van der Waals surface area (Å²) < 4.78 is 15.7. The van der Waals surface area contributed by atoms with Crippen LogP contribution in [0.5, 0.6) is 5.75 Å². The maximum atomic E-state index is 11.1. The highest BCUT2D eigenvalue weighted by molar-refractivity contribution is 5.81. The molecule has 0 heterocycles. The first-order valence-corrected chi connectivity index (χ1v) is 10.6. The van der Waals surface area contributed by atoms with Gasteiger partial charge in [-0.05, 0) is 41.7 Å². The molecule has 0 atom stereocenters. The fraction of sp³-hybridized carbons (Fsp3) is 0.385. The number of aryl methyl sites for hydroxylation is 1. The van der Waals surface area contributed by atoms with Crippen LogP contribution in [-0.4, -0.2) is 31.8 Å². The number of benzene rings is 2. The standard InChI is InChI=1S/C26H32O5/c1-5-24(27)30-17-7-8-20-9-11-21(12-10-20)26(3,4)22-13-15-23(16-14-22)29-18-19-31-25(28)6-2/h5,9-16H,1,6-8,17-19H2,2-4H3. The van der Waals surface area contributed by atoms with E-state index < -0.39 is 0 Å². The van der Waals surface area contributed by atoms with Gasteiger partial charge in [-0.15, -0.1) is 0 Å². The number of esters is 2. The minimum Gasteiger partial charge on any atom is -0.490 e. The maximum absolute atomic E-state index is 11.1. The summed E-state index contributed by atoms with van der Waals surface area (Å²) in [6.45, 7) is 10.5. The Morgan fingerprint density at radius 2 is 1.52 bits per heavy atom. The van der Waals surface area contributed by atoms with E-state index in [1.807, 2.05) is 12.1 Å². The van der Waals surface area contributed by atoms with Crippen molar-refractivity contribution in [2.75, 3.05) is 19.8 Å². The minimum atomic E-state index is -0.381. The zero-order chi connectivity index (χ0) is 22.7. The van der Waals surface area contributed by atoms with Crippen molar-refractivity contribution >= 4 is 11.9 Å². The second kappa shape index (κ2) is 11.9. The molecule has 0 amide bonds. The summed E-state index contributed by atoms with van der Waals surface area (Å²) in [6.07, 6.45) is 3.18. The van der Waals surface area contributed by atoms with Crippen LogP contribution in [0.2, 0.25) is 0 Å². The summed E-state index contributed by atoms with van der Waals surface area (Å²) in [4.78, 5) is 22.2. The average Bonchev–Trinajstić information content (AvgIpc) is 2.79. The second-order valence-electron chi connectivity index (χ2n) is 7.74. The third-order valence-electron chi connectivity index (χ3n) is 5.18. The smallest absolute Gasteiger partial charge is 0.330 e. The summed E-state index contributed by atoms with van der Waals surface area (Å²) in [5, 5.41) is 0. The molecule has 0 radical (unpaired) electrons. The van der Waals surface area contributed by atoms with Crippen molar-refractivity contribution in [3.05, 3.63) is 77.9 Å². The van der Waals surface area contributed by atoms with E-state index >= 15 is 0 Å². The van der Waals surface area contributed by atoms with Gasteiger partial charge in [-0.3, -0.25) is 4.79 Å². The van der Waals surface area contributed by atoms with E-state index in [2.05, 4.69) is 56.8 Å². The molecule has 0 spiro atoms. The number of ether oxygens (including phenoxy) is 3. The van der Waals surface area contributed by atoms with Crippen molar-refractivity contribution in [1.29, 1.82) is 0 Å². The topological polar surface area (TPSA) is 61.8 Å². The Morgan fingerprint density at radius 3 is 2.10 bits per heavy atom. The number of carbonyl (C=O) groups is 2. The SMILES string of the molecule is C=CC(=O)OCCCc1ccc(C(C)(C)c2ccc(OCCOC(=O)CC)cc2)cc1. The zero-order valence-corrected chi connectivity index (χ0v) is 18.7. The molecule has 0 aliphatic carbocycles. The lowest BCUT2D eigenvalue weighted by Crippen LogP contribution is -2.19. The molecular formula is C26H32O5. The molecule has 0 aliphatic heterocycles. The number of carbonyl (C=O) groups excluding carboxylic acids is 2. The van der Waals surface area contributed by atoms with Crippen LogP contribution in [-0.2, 0) is 30.9 Å². The Labute approximate surface area is 185 Å². The molecule has 0 bridgehead atoms. The summed E-state index contributed by atoms with van der Waals surface area (Å²) >= 11 is 0. The largest absolute Gasteiger partial charge is 0.490 e. The van der Waals surface area contributed by atoms with Gasteiger partial charge >= 0.3 is 11.9 Å². The summed E-state index contributed by atoms with van der Waals surface area (Å²) in [5.74, 6) is 0.149. The minimum absolute atomic E-state index is 0.160. The first kappa shape index (κ1) is 24.2. The van der Waals surface area contributed by atoms with Crippen molar-refractivity contribution < 1.29 is 23.8 Å². The summed E-state index contributed by atoms with van der Waals surface area (Å²) in [6, 6.07) is 16.6. The molecule has 0 unspecified atom stereocenters. The first-order valence-electron chi connectivity index (χ1n) is 10.6. The third-order valence-corrected chi connectivity index (χ3v) is 5.18. The Kier molecular flexibility index (Phi) is 9.32. The molecule has 0 aliphatic rings. The molecule has 2 aromatic carbocycles. The second-order valence-corrected chi connectivity index (χ2v) is 7.74. The van der Waals surface area contributed by atoms with E-state index in [9.17, 15) is 9.59 Å². The van der Waals surface area contributed by atoms with Crippen LogP contribution >= 0.6 is 0 Å². The predicted octanol–water partition coefficient (Wildman–Crippen LogP) is 5.01. The van der Waals surface area contributed by atoms with Gasteiger partial charge in [-0.1, -0.05) is 63.7 Å². The van der Waals surface area contributed by atoms with E-state index in [1.165, 1.54) is 22.8 Å². The van der Waals surface area contributed by atoms with Crippen LogP contribution in [0.4, 0.5) is 0 Å². The van der Waals surface area contributed by atoms with Gasteiger partial charge in [-0.2, -0.15) is 0 Å². The lowest BCUT2D eigenvalue weighted by molar-refractivity contribution is -0.144. The summed E-state index contributed by atoms with van der Waals surface area (Å²) in [7, 11) is 0. The highest BCUT2D eigenvalue weighted by atomic mass is 16.6. The first-order chi connectivity index (χ1) is 14.9. The van der Waals surface area contributed by atoms with E-state index in [0.29, 0.717) is 19.6 Å². The molecule has 2 aromatic rings. The Morgan fingerprint density at radius 1 is 0.903 bits per heavy atom. The number of rotatable bonds is 12. The highest BCUT2D eigenvalue weighted by Gasteiger charge is 2.23.